The molecule has 0 unspecified atom stereocenters. The first-order chi connectivity index (χ1) is 18.8. The van der Waals surface area contributed by atoms with Gasteiger partial charge in [-0.25, -0.2) is 9.78 Å². The van der Waals surface area contributed by atoms with Gasteiger partial charge in [0.2, 0.25) is 0 Å². The van der Waals surface area contributed by atoms with Crippen molar-refractivity contribution >= 4 is 5.97 Å². The second-order valence-electron chi connectivity index (χ2n) is 10.5. The first-order valence-corrected chi connectivity index (χ1v) is 13.9. The Morgan fingerprint density at radius 3 is 2.33 bits per heavy atom. The largest absolute Gasteiger partial charge is 0.465 e. The summed E-state index contributed by atoms with van der Waals surface area (Å²) >= 11 is 0. The summed E-state index contributed by atoms with van der Waals surface area (Å²) in [6, 6.07) is 16.3. The highest BCUT2D eigenvalue weighted by Crippen LogP contribution is 2.36. The van der Waals surface area contributed by atoms with E-state index in [9.17, 15) is 18.0 Å². The van der Waals surface area contributed by atoms with Crippen LogP contribution in [0.4, 0.5) is 13.2 Å². The lowest BCUT2D eigenvalue weighted by atomic mass is 9.89. The molecule has 1 fully saturated rings. The number of nitrogens with zero attached hydrogens (tertiary/aromatic N) is 3. The fourth-order valence-corrected chi connectivity index (χ4v) is 5.49. The fraction of sp³-hybridized carbons (Fsp3) is 0.484. The Kier molecular flexibility index (Phi) is 9.83. The molecule has 0 spiro atoms. The number of methoxy groups -OCH3 is 1. The standard InChI is InChI=1S/C31H38F3N3O2/c1-3-4-19-37-27(28(31(32,33)34)35-29(37)25-13-9-6-10-14-25)22-36(20-23-11-7-5-8-12-23)21-24-15-17-26(18-16-24)30(38)39-2/h6,9-10,13-18,23H,3-5,7-8,11-12,19-22H2,1-2H3. The molecule has 4 rings (SSSR count). The number of ether oxygens (including phenoxy) is 1. The molecular weight excluding hydrogens is 503 g/mol. The predicted molar refractivity (Wildman–Crippen MR) is 146 cm³/mol. The summed E-state index contributed by atoms with van der Waals surface area (Å²) in [6.45, 7) is 3.86. The van der Waals surface area contributed by atoms with Crippen LogP contribution in [0.2, 0.25) is 0 Å². The van der Waals surface area contributed by atoms with E-state index in [0.717, 1.165) is 50.6 Å². The Hall–Kier alpha value is -3.13. The van der Waals surface area contributed by atoms with E-state index in [1.54, 1.807) is 16.7 Å². The topological polar surface area (TPSA) is 47.4 Å². The highest BCUT2D eigenvalue weighted by Gasteiger charge is 2.39. The average Bonchev–Trinajstić information content (AvgIpc) is 3.31. The number of imidazole rings is 1. The molecule has 0 radical (unpaired) electrons. The van der Waals surface area contributed by atoms with Crippen molar-refractivity contribution in [2.75, 3.05) is 13.7 Å². The van der Waals surface area contributed by atoms with Gasteiger partial charge in [-0.2, -0.15) is 13.2 Å². The van der Waals surface area contributed by atoms with Gasteiger partial charge in [0.05, 0.1) is 18.4 Å². The van der Waals surface area contributed by atoms with E-state index in [1.165, 1.54) is 13.5 Å². The minimum atomic E-state index is -4.56. The summed E-state index contributed by atoms with van der Waals surface area (Å²) in [5.74, 6) is 0.401. The molecule has 5 nitrogen and oxygen atoms in total. The van der Waals surface area contributed by atoms with Crippen molar-refractivity contribution in [1.82, 2.24) is 14.5 Å². The molecule has 0 bridgehead atoms. The van der Waals surface area contributed by atoms with Crippen LogP contribution in [0, 0.1) is 5.92 Å². The van der Waals surface area contributed by atoms with Crippen LogP contribution in [0.15, 0.2) is 54.6 Å². The maximum absolute atomic E-state index is 14.4. The minimum absolute atomic E-state index is 0.146. The number of rotatable bonds is 11. The van der Waals surface area contributed by atoms with Crippen LogP contribution in [0.5, 0.6) is 0 Å². The van der Waals surface area contributed by atoms with Gasteiger partial charge in [-0.15, -0.1) is 0 Å². The van der Waals surface area contributed by atoms with Crippen LogP contribution >= 0.6 is 0 Å². The first-order valence-electron chi connectivity index (χ1n) is 13.9. The minimum Gasteiger partial charge on any atom is -0.465 e. The fourth-order valence-electron chi connectivity index (χ4n) is 5.49. The summed E-state index contributed by atoms with van der Waals surface area (Å²) in [6.07, 6.45) is 2.79. The van der Waals surface area contributed by atoms with E-state index in [2.05, 4.69) is 9.88 Å². The smallest absolute Gasteiger partial charge is 0.435 e. The van der Waals surface area contributed by atoms with E-state index in [1.807, 2.05) is 49.4 Å². The van der Waals surface area contributed by atoms with Gasteiger partial charge in [-0.3, -0.25) is 4.90 Å². The molecule has 3 aromatic rings. The zero-order chi connectivity index (χ0) is 27.8. The second-order valence-corrected chi connectivity index (χ2v) is 10.5. The van der Waals surface area contributed by atoms with Crippen molar-refractivity contribution in [1.29, 1.82) is 0 Å². The molecule has 1 aromatic heterocycles. The van der Waals surface area contributed by atoms with Gasteiger partial charge in [-0.05, 0) is 42.9 Å². The average molecular weight is 542 g/mol. The Balaban J connectivity index is 1.72. The molecule has 8 heteroatoms. The zero-order valence-corrected chi connectivity index (χ0v) is 22.8. The van der Waals surface area contributed by atoms with Gasteiger partial charge in [0.15, 0.2) is 5.69 Å². The molecule has 1 aliphatic carbocycles. The molecule has 0 amide bonds. The number of alkyl halides is 3. The molecule has 210 valence electrons. The van der Waals surface area contributed by atoms with Crippen LogP contribution in [0.3, 0.4) is 0 Å². The molecule has 0 atom stereocenters. The van der Waals surface area contributed by atoms with Crippen LogP contribution < -0.4 is 0 Å². The number of hydrogen-bond donors (Lipinski definition) is 0. The first kappa shape index (κ1) is 28.9. The third-order valence-corrected chi connectivity index (χ3v) is 7.50. The van der Waals surface area contributed by atoms with Gasteiger partial charge in [-0.1, -0.05) is 75.1 Å². The molecule has 1 saturated carbocycles. The van der Waals surface area contributed by atoms with E-state index in [0.29, 0.717) is 36.0 Å². The normalized spacial score (nSPS) is 14.6. The molecular formula is C31H38F3N3O2. The zero-order valence-electron chi connectivity index (χ0n) is 22.8. The predicted octanol–water partition coefficient (Wildman–Crippen LogP) is 7.74. The monoisotopic (exact) mass is 541 g/mol. The number of benzene rings is 2. The number of esters is 1. The number of carbonyl (C=O) groups excluding carboxylic acids is 1. The molecule has 39 heavy (non-hydrogen) atoms. The van der Waals surface area contributed by atoms with Crippen molar-refractivity contribution in [3.8, 4) is 11.4 Å². The third kappa shape index (κ3) is 7.50. The lowest BCUT2D eigenvalue weighted by molar-refractivity contribution is -0.141. The Labute approximate surface area is 229 Å². The highest BCUT2D eigenvalue weighted by atomic mass is 19.4. The molecule has 0 saturated heterocycles. The SMILES string of the molecule is CCCCn1c(-c2ccccc2)nc(C(F)(F)F)c1CN(Cc1ccc(C(=O)OC)cc1)CC1CCCCC1. The van der Waals surface area contributed by atoms with Crippen molar-refractivity contribution in [2.24, 2.45) is 5.92 Å². The number of aromatic nitrogens is 2. The van der Waals surface area contributed by atoms with Gasteiger partial charge >= 0.3 is 12.1 Å². The lowest BCUT2D eigenvalue weighted by Crippen LogP contribution is -2.32. The van der Waals surface area contributed by atoms with E-state index in [-0.39, 0.29) is 12.2 Å². The Morgan fingerprint density at radius 1 is 1.03 bits per heavy atom. The maximum Gasteiger partial charge on any atom is 0.435 e. The van der Waals surface area contributed by atoms with Gasteiger partial charge < -0.3 is 9.30 Å². The van der Waals surface area contributed by atoms with Crippen molar-refractivity contribution in [3.63, 3.8) is 0 Å². The second kappa shape index (κ2) is 13.3. The highest BCUT2D eigenvalue weighted by molar-refractivity contribution is 5.89. The van der Waals surface area contributed by atoms with Crippen molar-refractivity contribution in [3.05, 3.63) is 77.1 Å². The third-order valence-electron chi connectivity index (χ3n) is 7.50. The quantitative estimate of drug-likeness (QED) is 0.233. The van der Waals surface area contributed by atoms with E-state index in [4.69, 9.17) is 4.74 Å². The molecule has 1 heterocycles. The van der Waals surface area contributed by atoms with Gasteiger partial charge in [0.1, 0.15) is 5.82 Å². The van der Waals surface area contributed by atoms with Crippen LogP contribution in [0.1, 0.15) is 79.2 Å². The Morgan fingerprint density at radius 2 is 1.72 bits per heavy atom. The maximum atomic E-state index is 14.4. The van der Waals surface area contributed by atoms with Gasteiger partial charge in [0, 0.05) is 31.7 Å². The summed E-state index contributed by atoms with van der Waals surface area (Å²) in [4.78, 5) is 18.2. The Bertz CT molecular complexity index is 1200. The molecule has 0 N–H and O–H groups in total. The number of unbranched alkanes of at least 4 members (excludes halogenated alkanes) is 1. The summed E-state index contributed by atoms with van der Waals surface area (Å²) < 4.78 is 49.9. The summed E-state index contributed by atoms with van der Waals surface area (Å²) in [7, 11) is 1.34. The molecule has 0 aliphatic heterocycles. The summed E-state index contributed by atoms with van der Waals surface area (Å²) in [5.41, 5.74) is 1.49. The van der Waals surface area contributed by atoms with E-state index >= 15 is 0 Å². The van der Waals surface area contributed by atoms with Crippen LogP contribution in [-0.4, -0.2) is 34.1 Å². The van der Waals surface area contributed by atoms with Crippen molar-refractivity contribution in [2.45, 2.75) is 77.7 Å². The number of carbonyl (C=O) groups is 1. The van der Waals surface area contributed by atoms with Crippen molar-refractivity contribution < 1.29 is 22.7 Å². The van der Waals surface area contributed by atoms with Crippen LogP contribution in [-0.2, 0) is 30.5 Å². The molecule has 2 aromatic carbocycles. The number of hydrogen-bond acceptors (Lipinski definition) is 4. The van der Waals surface area contributed by atoms with E-state index < -0.39 is 17.8 Å². The van der Waals surface area contributed by atoms with Gasteiger partial charge in [0.25, 0.3) is 0 Å². The number of halogens is 3. The lowest BCUT2D eigenvalue weighted by Gasteiger charge is -2.30. The summed E-state index contributed by atoms with van der Waals surface area (Å²) in [5, 5.41) is 0. The van der Waals surface area contributed by atoms with Crippen LogP contribution in [0.25, 0.3) is 11.4 Å². The molecule has 1 aliphatic rings.